The Morgan fingerprint density at radius 2 is 1.90 bits per heavy atom. The minimum Gasteiger partial charge on any atom is -0.352 e. The number of carbonyl (C=O) groups is 1. The number of amides is 1. The number of carbonyl (C=O) groups excluding carboxylic acids is 1. The minimum atomic E-state index is 0.00141. The van der Waals surface area contributed by atoms with E-state index < -0.39 is 0 Å². The molecule has 2 aromatic heterocycles. The number of likely N-dealkylation sites (tertiary alicyclic amines) is 1. The average molecular weight is 437 g/mol. The fourth-order valence-electron chi connectivity index (χ4n) is 4.14. The van der Waals surface area contributed by atoms with Crippen molar-refractivity contribution in [3.63, 3.8) is 0 Å². The molecule has 1 saturated heterocycles. The van der Waals surface area contributed by atoms with Crippen LogP contribution in [0.1, 0.15) is 35.7 Å². The topological polar surface area (TPSA) is 83.9 Å². The van der Waals surface area contributed by atoms with E-state index in [1.54, 1.807) is 30.9 Å². The van der Waals surface area contributed by atoms with Crippen LogP contribution in [0.15, 0.2) is 49.1 Å². The number of aryl methyl sites for hydroxylation is 1. The maximum Gasteiger partial charge on any atom is 0.254 e. The molecular weight excluding hydrogens is 412 g/mol. The summed E-state index contributed by atoms with van der Waals surface area (Å²) in [6, 6.07) is 7.56. The minimum absolute atomic E-state index is 0.00141. The Balaban J connectivity index is 1.62. The zero-order chi connectivity index (χ0) is 21.8. The molecule has 160 valence electrons. The largest absolute Gasteiger partial charge is 0.352 e. The van der Waals surface area contributed by atoms with Gasteiger partial charge in [0.2, 0.25) is 5.95 Å². The highest BCUT2D eigenvalue weighted by molar-refractivity contribution is 6.30. The Kier molecular flexibility index (Phi) is 6.42. The van der Waals surface area contributed by atoms with Gasteiger partial charge in [0, 0.05) is 31.0 Å². The van der Waals surface area contributed by atoms with Crippen LogP contribution >= 0.6 is 11.6 Å². The smallest absolute Gasteiger partial charge is 0.254 e. The highest BCUT2D eigenvalue weighted by atomic mass is 35.5. The second kappa shape index (κ2) is 9.39. The average Bonchev–Trinajstić information content (AvgIpc) is 2.79. The lowest BCUT2D eigenvalue weighted by Gasteiger charge is -2.40. The summed E-state index contributed by atoms with van der Waals surface area (Å²) in [7, 11) is 0. The first-order chi connectivity index (χ1) is 15.0. The second-order valence-corrected chi connectivity index (χ2v) is 8.30. The number of nitrogens with one attached hydrogen (secondary N) is 1. The highest BCUT2D eigenvalue weighted by Gasteiger charge is 2.33. The van der Waals surface area contributed by atoms with Gasteiger partial charge in [0.15, 0.2) is 5.82 Å². The summed E-state index contributed by atoms with van der Waals surface area (Å²) >= 11 is 5.88. The van der Waals surface area contributed by atoms with E-state index >= 15 is 0 Å². The SMILES string of the molecule is Cc1cccc(C(=O)N2CCC[C@@H](C)C2CNc2ncc(Cl)cn2)c1-c1ncccn1. The molecule has 1 unspecified atom stereocenters. The fraction of sp³-hybridized carbons (Fsp3) is 0.348. The Morgan fingerprint density at radius 1 is 1.16 bits per heavy atom. The predicted octanol–water partition coefficient (Wildman–Crippen LogP) is 4.25. The van der Waals surface area contributed by atoms with Gasteiger partial charge in [0.25, 0.3) is 5.91 Å². The molecule has 7 nitrogen and oxygen atoms in total. The van der Waals surface area contributed by atoms with Crippen molar-refractivity contribution in [3.8, 4) is 11.4 Å². The summed E-state index contributed by atoms with van der Waals surface area (Å²) in [5.41, 5.74) is 2.40. The van der Waals surface area contributed by atoms with Gasteiger partial charge in [0.1, 0.15) is 0 Å². The molecule has 8 heteroatoms. The molecule has 3 heterocycles. The summed E-state index contributed by atoms with van der Waals surface area (Å²) < 4.78 is 0. The van der Waals surface area contributed by atoms with E-state index in [4.69, 9.17) is 11.6 Å². The Morgan fingerprint density at radius 3 is 2.65 bits per heavy atom. The summed E-state index contributed by atoms with van der Waals surface area (Å²) in [5, 5.41) is 3.76. The highest BCUT2D eigenvalue weighted by Crippen LogP contribution is 2.30. The Labute approximate surface area is 186 Å². The number of hydrogen-bond acceptors (Lipinski definition) is 6. The zero-order valence-corrected chi connectivity index (χ0v) is 18.4. The van der Waals surface area contributed by atoms with E-state index in [1.165, 1.54) is 0 Å². The number of nitrogens with zero attached hydrogens (tertiary/aromatic N) is 5. The maximum atomic E-state index is 13.8. The lowest BCUT2D eigenvalue weighted by atomic mass is 9.89. The molecule has 3 aromatic rings. The third kappa shape index (κ3) is 4.66. The summed E-state index contributed by atoms with van der Waals surface area (Å²) in [5.74, 6) is 1.42. The van der Waals surface area contributed by atoms with E-state index in [-0.39, 0.29) is 11.9 Å². The molecule has 0 aliphatic carbocycles. The van der Waals surface area contributed by atoms with E-state index in [2.05, 4.69) is 32.2 Å². The van der Waals surface area contributed by atoms with Crippen LogP contribution in [-0.2, 0) is 0 Å². The Hall–Kier alpha value is -3.06. The quantitative estimate of drug-likeness (QED) is 0.643. The van der Waals surface area contributed by atoms with Crippen LogP contribution < -0.4 is 5.32 Å². The van der Waals surface area contributed by atoms with E-state index in [0.717, 1.165) is 24.0 Å². The predicted molar refractivity (Wildman–Crippen MR) is 121 cm³/mol. The van der Waals surface area contributed by atoms with Gasteiger partial charge >= 0.3 is 0 Å². The molecule has 2 atom stereocenters. The molecule has 1 aliphatic rings. The number of aromatic nitrogens is 4. The van der Waals surface area contributed by atoms with Crippen LogP contribution in [0.25, 0.3) is 11.4 Å². The van der Waals surface area contributed by atoms with Crippen molar-refractivity contribution in [1.82, 2.24) is 24.8 Å². The molecule has 0 radical (unpaired) electrons. The molecule has 1 N–H and O–H groups in total. The van der Waals surface area contributed by atoms with Crippen molar-refractivity contribution in [2.45, 2.75) is 32.7 Å². The van der Waals surface area contributed by atoms with Gasteiger partial charge in [-0.2, -0.15) is 0 Å². The Bertz CT molecular complexity index is 1040. The number of piperidine rings is 1. The second-order valence-electron chi connectivity index (χ2n) is 7.86. The molecule has 0 spiro atoms. The molecule has 31 heavy (non-hydrogen) atoms. The van der Waals surface area contributed by atoms with Crippen molar-refractivity contribution in [3.05, 3.63) is 65.2 Å². The number of anilines is 1. The molecule has 1 aromatic carbocycles. The number of benzene rings is 1. The summed E-state index contributed by atoms with van der Waals surface area (Å²) in [4.78, 5) is 32.9. The lowest BCUT2D eigenvalue weighted by molar-refractivity contribution is 0.0540. The molecule has 4 rings (SSSR count). The summed E-state index contributed by atoms with van der Waals surface area (Å²) in [6.07, 6.45) is 8.56. The van der Waals surface area contributed by atoms with Crippen molar-refractivity contribution >= 4 is 23.5 Å². The van der Waals surface area contributed by atoms with Gasteiger partial charge in [0.05, 0.1) is 29.0 Å². The standard InChI is InChI=1S/C23H25ClN6O/c1-15-7-4-11-30(19(15)14-29-23-27-12-17(24)13-28-23)22(31)18-8-3-6-16(2)20(18)21-25-9-5-10-26-21/h3,5-6,8-10,12-13,15,19H,4,7,11,14H2,1-2H3,(H,27,28,29)/t15-,19?/m1/s1. The lowest BCUT2D eigenvalue weighted by Crippen LogP contribution is -2.51. The van der Waals surface area contributed by atoms with Crippen molar-refractivity contribution in [1.29, 1.82) is 0 Å². The number of rotatable bonds is 5. The van der Waals surface area contributed by atoms with Crippen molar-refractivity contribution in [2.24, 2.45) is 5.92 Å². The third-order valence-corrected chi connectivity index (χ3v) is 5.95. The van der Waals surface area contributed by atoms with Gasteiger partial charge in [-0.15, -0.1) is 0 Å². The summed E-state index contributed by atoms with van der Waals surface area (Å²) in [6.45, 7) is 5.45. The molecule has 1 amide bonds. The first kappa shape index (κ1) is 21.2. The van der Waals surface area contributed by atoms with Gasteiger partial charge in [-0.3, -0.25) is 4.79 Å². The first-order valence-electron chi connectivity index (χ1n) is 10.4. The van der Waals surface area contributed by atoms with E-state index in [9.17, 15) is 4.79 Å². The molecule has 1 fully saturated rings. The van der Waals surface area contributed by atoms with Crippen LogP contribution in [0.4, 0.5) is 5.95 Å². The van der Waals surface area contributed by atoms with Crippen LogP contribution in [0.2, 0.25) is 5.02 Å². The molecule has 0 bridgehead atoms. The molecule has 0 saturated carbocycles. The van der Waals surface area contributed by atoms with E-state index in [1.807, 2.05) is 30.0 Å². The maximum absolute atomic E-state index is 13.8. The molecular formula is C23H25ClN6O. The number of hydrogen-bond donors (Lipinski definition) is 1. The van der Waals surface area contributed by atoms with Crippen LogP contribution in [0, 0.1) is 12.8 Å². The monoisotopic (exact) mass is 436 g/mol. The van der Waals surface area contributed by atoms with Crippen LogP contribution in [0.5, 0.6) is 0 Å². The molecule has 1 aliphatic heterocycles. The van der Waals surface area contributed by atoms with Gasteiger partial charge in [-0.1, -0.05) is 30.7 Å². The van der Waals surface area contributed by atoms with Crippen LogP contribution in [-0.4, -0.2) is 49.9 Å². The van der Waals surface area contributed by atoms with Gasteiger partial charge in [-0.05, 0) is 43.4 Å². The third-order valence-electron chi connectivity index (χ3n) is 5.76. The normalized spacial score (nSPS) is 18.6. The van der Waals surface area contributed by atoms with Crippen LogP contribution in [0.3, 0.4) is 0 Å². The van der Waals surface area contributed by atoms with Gasteiger partial charge < -0.3 is 10.2 Å². The van der Waals surface area contributed by atoms with E-state index in [0.29, 0.717) is 41.4 Å². The first-order valence-corrected chi connectivity index (χ1v) is 10.8. The van der Waals surface area contributed by atoms with Crippen molar-refractivity contribution < 1.29 is 4.79 Å². The van der Waals surface area contributed by atoms with Crippen molar-refractivity contribution in [2.75, 3.05) is 18.4 Å². The fourth-order valence-corrected chi connectivity index (χ4v) is 4.24. The van der Waals surface area contributed by atoms with Gasteiger partial charge in [-0.25, -0.2) is 19.9 Å². The zero-order valence-electron chi connectivity index (χ0n) is 17.6. The number of halogens is 1.